The number of benzene rings is 1. The number of carbonyl (C=O) groups excluding carboxylic acids is 1. The molecule has 0 saturated heterocycles. The fourth-order valence-electron chi connectivity index (χ4n) is 3.09. The van der Waals surface area contributed by atoms with Crippen LogP contribution in [0.1, 0.15) is 29.9 Å². The van der Waals surface area contributed by atoms with Crippen LogP contribution in [0.3, 0.4) is 0 Å². The molecule has 0 unspecified atom stereocenters. The first-order chi connectivity index (χ1) is 8.63. The summed E-state index contributed by atoms with van der Waals surface area (Å²) >= 11 is 0. The van der Waals surface area contributed by atoms with Gasteiger partial charge in [0.25, 0.3) is 0 Å². The van der Waals surface area contributed by atoms with Gasteiger partial charge in [0, 0.05) is 18.2 Å². The summed E-state index contributed by atoms with van der Waals surface area (Å²) < 4.78 is 0. The number of anilines is 1. The fraction of sp³-hybridized carbons (Fsp3) is 0.385. The van der Waals surface area contributed by atoms with Crippen molar-refractivity contribution in [2.45, 2.75) is 31.2 Å². The Morgan fingerprint density at radius 3 is 3.00 bits per heavy atom. The second-order valence-corrected chi connectivity index (χ2v) is 4.91. The summed E-state index contributed by atoms with van der Waals surface area (Å²) in [5, 5.41) is 14.2. The van der Waals surface area contributed by atoms with E-state index in [4.69, 9.17) is 5.11 Å². The summed E-state index contributed by atoms with van der Waals surface area (Å²) in [5.41, 5.74) is 3.23. The SMILES string of the molecule is O=C(O)N[C@@H]1Cc2cccc3c2[C@H](CC(=O)N3)C1. The summed E-state index contributed by atoms with van der Waals surface area (Å²) in [6.07, 6.45) is 0.841. The maximum absolute atomic E-state index is 11.6. The summed E-state index contributed by atoms with van der Waals surface area (Å²) in [6, 6.07) is 5.73. The zero-order valence-corrected chi connectivity index (χ0v) is 9.77. The molecule has 0 fully saturated rings. The molecule has 1 aliphatic heterocycles. The topological polar surface area (TPSA) is 78.4 Å². The Kier molecular flexibility index (Phi) is 2.47. The molecule has 3 rings (SSSR count). The zero-order valence-electron chi connectivity index (χ0n) is 9.77. The Morgan fingerprint density at radius 2 is 2.22 bits per heavy atom. The molecule has 1 aromatic carbocycles. The lowest BCUT2D eigenvalue weighted by molar-refractivity contribution is -0.116. The van der Waals surface area contributed by atoms with Crippen LogP contribution in [0.2, 0.25) is 0 Å². The van der Waals surface area contributed by atoms with Gasteiger partial charge in [-0.15, -0.1) is 0 Å². The molecule has 0 aromatic heterocycles. The molecule has 5 heteroatoms. The van der Waals surface area contributed by atoms with Crippen LogP contribution in [0, 0.1) is 0 Å². The van der Waals surface area contributed by atoms with Gasteiger partial charge in [-0.05, 0) is 36.0 Å². The lowest BCUT2D eigenvalue weighted by atomic mass is 9.76. The Balaban J connectivity index is 1.97. The highest BCUT2D eigenvalue weighted by Crippen LogP contribution is 2.41. The predicted octanol–water partition coefficient (Wildman–Crippen LogP) is 1.69. The number of carbonyl (C=O) groups is 2. The van der Waals surface area contributed by atoms with Gasteiger partial charge in [0.2, 0.25) is 5.91 Å². The van der Waals surface area contributed by atoms with E-state index < -0.39 is 6.09 Å². The second kappa shape index (κ2) is 4.01. The average molecular weight is 246 g/mol. The van der Waals surface area contributed by atoms with Gasteiger partial charge < -0.3 is 15.7 Å². The van der Waals surface area contributed by atoms with E-state index in [1.165, 1.54) is 5.56 Å². The van der Waals surface area contributed by atoms with Crippen molar-refractivity contribution in [2.75, 3.05) is 5.32 Å². The van der Waals surface area contributed by atoms with Crippen molar-refractivity contribution in [3.05, 3.63) is 29.3 Å². The molecule has 1 heterocycles. The molecular formula is C13H14N2O3. The third kappa shape index (κ3) is 1.81. The van der Waals surface area contributed by atoms with Gasteiger partial charge in [0.15, 0.2) is 0 Å². The monoisotopic (exact) mass is 246 g/mol. The molecule has 5 nitrogen and oxygen atoms in total. The van der Waals surface area contributed by atoms with Gasteiger partial charge in [0.1, 0.15) is 0 Å². The maximum atomic E-state index is 11.6. The van der Waals surface area contributed by atoms with E-state index in [-0.39, 0.29) is 17.9 Å². The quantitative estimate of drug-likeness (QED) is 0.705. The molecule has 1 aliphatic carbocycles. The Hall–Kier alpha value is -2.04. The van der Waals surface area contributed by atoms with Crippen molar-refractivity contribution in [1.29, 1.82) is 0 Å². The molecule has 94 valence electrons. The van der Waals surface area contributed by atoms with E-state index in [1.807, 2.05) is 18.2 Å². The van der Waals surface area contributed by atoms with E-state index in [2.05, 4.69) is 10.6 Å². The van der Waals surface area contributed by atoms with Crippen LogP contribution in [-0.2, 0) is 11.2 Å². The molecule has 1 aromatic rings. The Labute approximate surface area is 104 Å². The van der Waals surface area contributed by atoms with E-state index in [0.717, 1.165) is 11.3 Å². The number of amides is 2. The van der Waals surface area contributed by atoms with Gasteiger partial charge in [0.05, 0.1) is 0 Å². The summed E-state index contributed by atoms with van der Waals surface area (Å²) in [7, 11) is 0. The standard InChI is InChI=1S/C13H14N2O3/c16-11-6-8-5-9(14-13(17)18)4-7-2-1-3-10(15-11)12(7)8/h1-3,8-9,14H,4-6H2,(H,15,16)(H,17,18)/t8-,9+/m0/s1. The van der Waals surface area contributed by atoms with Crippen LogP contribution >= 0.6 is 0 Å². The number of hydrogen-bond acceptors (Lipinski definition) is 2. The van der Waals surface area contributed by atoms with Gasteiger partial charge in [-0.2, -0.15) is 0 Å². The van der Waals surface area contributed by atoms with Gasteiger partial charge >= 0.3 is 6.09 Å². The first kappa shape index (κ1) is 11.1. The van der Waals surface area contributed by atoms with Crippen molar-refractivity contribution in [3.8, 4) is 0 Å². The van der Waals surface area contributed by atoms with Crippen molar-refractivity contribution >= 4 is 17.7 Å². The van der Waals surface area contributed by atoms with Crippen molar-refractivity contribution in [2.24, 2.45) is 0 Å². The van der Waals surface area contributed by atoms with E-state index >= 15 is 0 Å². The molecule has 18 heavy (non-hydrogen) atoms. The van der Waals surface area contributed by atoms with Crippen LogP contribution in [0.15, 0.2) is 18.2 Å². The van der Waals surface area contributed by atoms with E-state index in [0.29, 0.717) is 19.3 Å². The maximum Gasteiger partial charge on any atom is 0.404 e. The Morgan fingerprint density at radius 1 is 1.39 bits per heavy atom. The average Bonchev–Trinajstić information content (AvgIpc) is 2.27. The number of nitrogens with one attached hydrogen (secondary N) is 2. The summed E-state index contributed by atoms with van der Waals surface area (Å²) in [4.78, 5) is 22.3. The molecule has 0 saturated carbocycles. The van der Waals surface area contributed by atoms with Gasteiger partial charge in [-0.3, -0.25) is 4.79 Å². The predicted molar refractivity (Wildman–Crippen MR) is 65.7 cm³/mol. The fourth-order valence-corrected chi connectivity index (χ4v) is 3.09. The minimum atomic E-state index is -1.00. The molecule has 3 N–H and O–H groups in total. The highest BCUT2D eigenvalue weighted by atomic mass is 16.4. The van der Waals surface area contributed by atoms with Crippen molar-refractivity contribution in [3.63, 3.8) is 0 Å². The van der Waals surface area contributed by atoms with Crippen molar-refractivity contribution < 1.29 is 14.7 Å². The molecule has 2 amide bonds. The van der Waals surface area contributed by atoms with Crippen LogP contribution in [-0.4, -0.2) is 23.1 Å². The van der Waals surface area contributed by atoms with Gasteiger partial charge in [-0.25, -0.2) is 4.79 Å². The minimum Gasteiger partial charge on any atom is -0.465 e. The largest absolute Gasteiger partial charge is 0.465 e. The summed E-state index contributed by atoms with van der Waals surface area (Å²) in [6.45, 7) is 0. The smallest absolute Gasteiger partial charge is 0.404 e. The molecular weight excluding hydrogens is 232 g/mol. The first-order valence-corrected chi connectivity index (χ1v) is 6.04. The van der Waals surface area contributed by atoms with Crippen LogP contribution in [0.4, 0.5) is 10.5 Å². The molecule has 0 bridgehead atoms. The third-order valence-electron chi connectivity index (χ3n) is 3.67. The molecule has 0 radical (unpaired) electrons. The normalized spacial score (nSPS) is 25.0. The Bertz CT molecular complexity index is 527. The van der Waals surface area contributed by atoms with Crippen LogP contribution in [0.25, 0.3) is 0 Å². The lowest BCUT2D eigenvalue weighted by Crippen LogP contribution is -2.41. The second-order valence-electron chi connectivity index (χ2n) is 4.91. The highest BCUT2D eigenvalue weighted by Gasteiger charge is 2.34. The third-order valence-corrected chi connectivity index (χ3v) is 3.67. The number of hydrogen-bond donors (Lipinski definition) is 3. The van der Waals surface area contributed by atoms with Crippen molar-refractivity contribution in [1.82, 2.24) is 5.32 Å². The van der Waals surface area contributed by atoms with E-state index in [1.54, 1.807) is 0 Å². The minimum absolute atomic E-state index is 0.0145. The molecule has 2 aliphatic rings. The number of rotatable bonds is 1. The first-order valence-electron chi connectivity index (χ1n) is 6.04. The lowest BCUT2D eigenvalue weighted by Gasteiger charge is -2.35. The summed E-state index contributed by atoms with van der Waals surface area (Å²) in [5.74, 6) is 0.149. The highest BCUT2D eigenvalue weighted by molar-refractivity contribution is 5.95. The molecule has 2 atom stereocenters. The van der Waals surface area contributed by atoms with Crippen LogP contribution < -0.4 is 10.6 Å². The van der Waals surface area contributed by atoms with Gasteiger partial charge in [-0.1, -0.05) is 12.1 Å². The molecule has 0 spiro atoms. The van der Waals surface area contributed by atoms with E-state index in [9.17, 15) is 9.59 Å². The zero-order chi connectivity index (χ0) is 12.7. The van der Waals surface area contributed by atoms with Crippen LogP contribution in [0.5, 0.6) is 0 Å². The number of carboxylic acid groups (broad SMARTS) is 1.